The second-order valence-electron chi connectivity index (χ2n) is 13.6. The summed E-state index contributed by atoms with van der Waals surface area (Å²) >= 11 is 3.89. The number of thiophene rings is 1. The SMILES string of the molecule is C1=CC2c3cc(-c4cccc5sc6ccccc6c45)ccc3SC2C=C1n1c2cc(-c3ccccc3)ccc2c2ccc(-c3ccccc3)cc21. The standard InChI is InChI=1S/C48H31NS2/c1-3-10-30(11-4-1)32-18-22-37-38-23-19-33(31-12-5-2-6-13-31)28-43(38)49(42(37)27-32)35-21-24-39-41-26-34(20-25-45(41)51-47(39)29-35)36-15-9-17-46-48(36)40-14-7-8-16-44(40)50-46/h1-29,39,47H. The number of benzene rings is 7. The maximum Gasteiger partial charge on any atom is 0.0547 e. The van der Waals surface area contributed by atoms with E-state index >= 15 is 0 Å². The van der Waals surface area contributed by atoms with E-state index in [1.165, 1.54) is 91.5 Å². The maximum absolute atomic E-state index is 2.52. The molecule has 240 valence electrons. The van der Waals surface area contributed by atoms with Crippen LogP contribution in [0.1, 0.15) is 11.5 Å². The Morgan fingerprint density at radius 1 is 0.490 bits per heavy atom. The molecule has 3 heterocycles. The number of aromatic nitrogens is 1. The van der Waals surface area contributed by atoms with Gasteiger partial charge in [-0.25, -0.2) is 0 Å². The van der Waals surface area contributed by atoms with Crippen molar-refractivity contribution in [2.45, 2.75) is 16.1 Å². The van der Waals surface area contributed by atoms with Crippen molar-refractivity contribution in [2.75, 3.05) is 0 Å². The van der Waals surface area contributed by atoms with Crippen LogP contribution in [0.5, 0.6) is 0 Å². The monoisotopic (exact) mass is 685 g/mol. The van der Waals surface area contributed by atoms with Gasteiger partial charge in [0.25, 0.3) is 0 Å². The third-order valence-electron chi connectivity index (χ3n) is 10.7. The first-order valence-corrected chi connectivity index (χ1v) is 19.3. The first kappa shape index (κ1) is 29.2. The van der Waals surface area contributed by atoms with Gasteiger partial charge in [-0.3, -0.25) is 0 Å². The molecule has 9 aromatic rings. The Morgan fingerprint density at radius 3 is 1.86 bits per heavy atom. The van der Waals surface area contributed by atoms with Gasteiger partial charge in [-0.05, 0) is 87.5 Å². The maximum atomic E-state index is 2.52. The van der Waals surface area contributed by atoms with E-state index in [1.807, 2.05) is 23.1 Å². The fourth-order valence-corrected chi connectivity index (χ4v) is 10.8. The summed E-state index contributed by atoms with van der Waals surface area (Å²) in [7, 11) is 0. The highest BCUT2D eigenvalue weighted by Crippen LogP contribution is 2.51. The van der Waals surface area contributed by atoms with Crippen molar-refractivity contribution in [3.63, 3.8) is 0 Å². The molecule has 0 bridgehead atoms. The van der Waals surface area contributed by atoms with E-state index in [1.54, 1.807) is 0 Å². The van der Waals surface area contributed by atoms with Gasteiger partial charge in [-0.15, -0.1) is 23.1 Å². The minimum Gasteiger partial charge on any atom is -0.309 e. The summed E-state index contributed by atoms with van der Waals surface area (Å²) in [6.45, 7) is 0. The molecular weight excluding hydrogens is 655 g/mol. The van der Waals surface area contributed by atoms with Crippen LogP contribution in [0.3, 0.4) is 0 Å². The van der Waals surface area contributed by atoms with Gasteiger partial charge in [-0.1, -0.05) is 127 Å². The number of rotatable bonds is 4. The van der Waals surface area contributed by atoms with E-state index in [-0.39, 0.29) is 0 Å². The number of thioether (sulfide) groups is 1. The molecule has 0 spiro atoms. The molecule has 1 aliphatic heterocycles. The smallest absolute Gasteiger partial charge is 0.0547 e. The second-order valence-corrected chi connectivity index (χ2v) is 15.9. The van der Waals surface area contributed by atoms with Crippen LogP contribution in [0.4, 0.5) is 0 Å². The lowest BCUT2D eigenvalue weighted by Crippen LogP contribution is -2.11. The fraction of sp³-hybridized carbons (Fsp3) is 0.0417. The molecule has 0 saturated carbocycles. The van der Waals surface area contributed by atoms with Crippen molar-refractivity contribution in [3.05, 3.63) is 182 Å². The normalized spacial score (nSPS) is 16.6. The van der Waals surface area contributed by atoms with Gasteiger partial charge in [0.15, 0.2) is 0 Å². The average Bonchev–Trinajstić information content (AvgIpc) is 3.86. The lowest BCUT2D eigenvalue weighted by atomic mass is 9.89. The Morgan fingerprint density at radius 2 is 1.14 bits per heavy atom. The number of nitrogens with zero attached hydrogens (tertiary/aromatic N) is 1. The van der Waals surface area contributed by atoms with E-state index in [0.717, 1.165) is 0 Å². The zero-order valence-electron chi connectivity index (χ0n) is 27.7. The summed E-state index contributed by atoms with van der Waals surface area (Å²) in [4.78, 5) is 1.39. The Labute approximate surface area is 304 Å². The van der Waals surface area contributed by atoms with Crippen LogP contribution in [0, 0.1) is 0 Å². The molecule has 11 rings (SSSR count). The molecule has 2 atom stereocenters. The molecule has 3 heteroatoms. The molecule has 0 amide bonds. The molecule has 0 saturated heterocycles. The van der Waals surface area contributed by atoms with Gasteiger partial charge in [0, 0.05) is 52.7 Å². The Hall–Kier alpha value is -5.61. The Balaban J connectivity index is 1.04. The molecule has 51 heavy (non-hydrogen) atoms. The third kappa shape index (κ3) is 4.62. The average molecular weight is 686 g/mol. The Bertz CT molecular complexity index is 2790. The van der Waals surface area contributed by atoms with Crippen LogP contribution in [-0.4, -0.2) is 9.82 Å². The third-order valence-corrected chi connectivity index (χ3v) is 13.2. The molecule has 2 aliphatic rings. The highest BCUT2D eigenvalue weighted by Gasteiger charge is 2.33. The molecule has 2 unspecified atom stereocenters. The quantitative estimate of drug-likeness (QED) is 0.178. The summed E-state index contributed by atoms with van der Waals surface area (Å²) in [6.07, 6.45) is 7.36. The summed E-state index contributed by atoms with van der Waals surface area (Å²) in [5.74, 6) is 0.333. The van der Waals surface area contributed by atoms with Crippen LogP contribution in [0.25, 0.3) is 81.1 Å². The van der Waals surface area contributed by atoms with Crippen LogP contribution >= 0.6 is 23.1 Å². The van der Waals surface area contributed by atoms with E-state index in [4.69, 9.17) is 0 Å². The van der Waals surface area contributed by atoms with Crippen LogP contribution in [-0.2, 0) is 0 Å². The van der Waals surface area contributed by atoms with Crippen LogP contribution in [0.15, 0.2) is 181 Å². The molecule has 2 aromatic heterocycles. The number of hydrogen-bond donors (Lipinski definition) is 0. The summed E-state index contributed by atoms with van der Waals surface area (Å²) in [5.41, 5.74) is 12.7. The zero-order chi connectivity index (χ0) is 33.5. The highest BCUT2D eigenvalue weighted by atomic mass is 32.2. The summed E-state index contributed by atoms with van der Waals surface area (Å²) in [5, 5.41) is 5.61. The van der Waals surface area contributed by atoms with Crippen molar-refractivity contribution in [2.24, 2.45) is 0 Å². The van der Waals surface area contributed by atoms with Gasteiger partial charge in [0.2, 0.25) is 0 Å². The number of fused-ring (bicyclic) bond motifs is 9. The van der Waals surface area contributed by atoms with E-state index in [9.17, 15) is 0 Å². The summed E-state index contributed by atoms with van der Waals surface area (Å²) < 4.78 is 5.21. The molecule has 1 aliphatic carbocycles. The van der Waals surface area contributed by atoms with Crippen molar-refractivity contribution in [3.8, 4) is 33.4 Å². The van der Waals surface area contributed by atoms with Gasteiger partial charge in [0.05, 0.1) is 11.0 Å². The van der Waals surface area contributed by atoms with E-state index in [0.29, 0.717) is 11.2 Å². The first-order valence-electron chi connectivity index (χ1n) is 17.6. The van der Waals surface area contributed by atoms with Crippen molar-refractivity contribution >= 4 is 70.8 Å². The van der Waals surface area contributed by atoms with Gasteiger partial charge in [-0.2, -0.15) is 0 Å². The topological polar surface area (TPSA) is 4.93 Å². The molecule has 1 nitrogen and oxygen atoms in total. The Kier molecular flexibility index (Phi) is 6.55. The number of hydrogen-bond acceptors (Lipinski definition) is 2. The molecule has 0 radical (unpaired) electrons. The van der Waals surface area contributed by atoms with E-state index in [2.05, 4.69) is 181 Å². The summed E-state index contributed by atoms with van der Waals surface area (Å²) in [6, 6.07) is 58.2. The molecule has 0 N–H and O–H groups in total. The number of allylic oxidation sites excluding steroid dienone is 3. The van der Waals surface area contributed by atoms with Gasteiger partial charge >= 0.3 is 0 Å². The lowest BCUT2D eigenvalue weighted by molar-refractivity contribution is 0.877. The van der Waals surface area contributed by atoms with Crippen molar-refractivity contribution in [1.29, 1.82) is 0 Å². The molecule has 0 fully saturated rings. The van der Waals surface area contributed by atoms with Crippen molar-refractivity contribution < 1.29 is 0 Å². The minimum atomic E-state index is 0.329. The van der Waals surface area contributed by atoms with Crippen LogP contribution < -0.4 is 0 Å². The predicted octanol–water partition coefficient (Wildman–Crippen LogP) is 13.8. The minimum absolute atomic E-state index is 0.329. The zero-order valence-corrected chi connectivity index (χ0v) is 29.3. The van der Waals surface area contributed by atoms with Gasteiger partial charge in [0.1, 0.15) is 0 Å². The predicted molar refractivity (Wildman–Crippen MR) is 221 cm³/mol. The fourth-order valence-electron chi connectivity index (χ4n) is 8.34. The highest BCUT2D eigenvalue weighted by molar-refractivity contribution is 8.00. The molecular formula is C48H31NS2. The van der Waals surface area contributed by atoms with Crippen LogP contribution in [0.2, 0.25) is 0 Å². The molecule has 7 aromatic carbocycles. The van der Waals surface area contributed by atoms with Crippen molar-refractivity contribution in [1.82, 2.24) is 4.57 Å². The lowest BCUT2D eigenvalue weighted by Gasteiger charge is -2.21. The second kappa shape index (κ2) is 11.5. The largest absolute Gasteiger partial charge is 0.309 e. The van der Waals surface area contributed by atoms with Gasteiger partial charge < -0.3 is 4.57 Å². The first-order chi connectivity index (χ1) is 25.3. The van der Waals surface area contributed by atoms with E-state index < -0.39 is 0 Å².